The largest absolute Gasteiger partial charge is 0.508 e. The molecule has 2 aromatic carbocycles. The fourth-order valence-corrected chi connectivity index (χ4v) is 1.90. The summed E-state index contributed by atoms with van der Waals surface area (Å²) in [6.07, 6.45) is 1.39. The van der Waals surface area contributed by atoms with E-state index >= 15 is 0 Å². The lowest BCUT2D eigenvalue weighted by Crippen LogP contribution is -2.05. The van der Waals surface area contributed by atoms with E-state index in [-0.39, 0.29) is 11.3 Å². The highest BCUT2D eigenvalue weighted by molar-refractivity contribution is 5.83. The Bertz CT molecular complexity index is 761. The highest BCUT2D eigenvalue weighted by atomic mass is 16.3. The van der Waals surface area contributed by atoms with Crippen LogP contribution >= 0.6 is 0 Å². The third-order valence-electron chi connectivity index (χ3n) is 2.84. The molecule has 0 aliphatic rings. The second-order valence-corrected chi connectivity index (χ2v) is 4.01. The zero-order valence-electron chi connectivity index (χ0n) is 9.42. The number of benzene rings is 2. The van der Waals surface area contributed by atoms with E-state index in [1.165, 1.54) is 6.33 Å². The van der Waals surface area contributed by atoms with Crippen LogP contribution in [0.25, 0.3) is 22.0 Å². The first-order chi connectivity index (χ1) is 8.74. The van der Waals surface area contributed by atoms with Gasteiger partial charge in [-0.05, 0) is 35.4 Å². The molecule has 0 saturated heterocycles. The molecule has 0 aliphatic heterocycles. The third kappa shape index (κ3) is 1.73. The number of phenols is 1. The Labute approximate surface area is 103 Å². The molecule has 3 rings (SSSR count). The van der Waals surface area contributed by atoms with Crippen molar-refractivity contribution in [3.05, 3.63) is 59.1 Å². The summed E-state index contributed by atoms with van der Waals surface area (Å²) in [5, 5.41) is 9.82. The van der Waals surface area contributed by atoms with Crippen LogP contribution in [0.15, 0.2) is 53.6 Å². The molecule has 18 heavy (non-hydrogen) atoms. The maximum Gasteiger partial charge on any atom is 0.258 e. The molecule has 0 amide bonds. The molecule has 1 aromatic heterocycles. The van der Waals surface area contributed by atoms with Crippen LogP contribution in [0.5, 0.6) is 5.75 Å². The second-order valence-electron chi connectivity index (χ2n) is 4.01. The van der Waals surface area contributed by atoms with E-state index in [0.717, 1.165) is 11.1 Å². The summed E-state index contributed by atoms with van der Waals surface area (Å²) >= 11 is 0. The predicted octanol–water partition coefficient (Wildman–Crippen LogP) is 2.30. The smallest absolute Gasteiger partial charge is 0.258 e. The normalized spacial score (nSPS) is 10.7. The van der Waals surface area contributed by atoms with Crippen molar-refractivity contribution in [1.29, 1.82) is 0 Å². The molecule has 0 fully saturated rings. The summed E-state index contributed by atoms with van der Waals surface area (Å²) in [4.78, 5) is 18.2. The molecule has 2 N–H and O–H groups in total. The lowest BCUT2D eigenvalue weighted by Gasteiger charge is -2.03. The van der Waals surface area contributed by atoms with Crippen LogP contribution < -0.4 is 5.56 Å². The first kappa shape index (κ1) is 10.5. The molecule has 0 unspecified atom stereocenters. The molecule has 0 aliphatic carbocycles. The molecular formula is C14H10N2O2. The van der Waals surface area contributed by atoms with E-state index in [9.17, 15) is 9.90 Å². The topological polar surface area (TPSA) is 66.0 Å². The molecule has 88 valence electrons. The Hall–Kier alpha value is -2.62. The van der Waals surface area contributed by atoms with E-state index in [1.54, 1.807) is 18.2 Å². The van der Waals surface area contributed by atoms with Crippen LogP contribution in [0.3, 0.4) is 0 Å². The standard InChI is InChI=1S/C14H10N2O2/c17-11-4-1-9(2-5-11)10-3-6-12-13(7-10)15-8-16-14(12)18/h1-8,17H,(H,15,16,18). The SMILES string of the molecule is O=c1[nH]cnc2cc(-c3ccc(O)cc3)ccc12. The van der Waals surface area contributed by atoms with Gasteiger partial charge in [-0.25, -0.2) is 4.98 Å². The summed E-state index contributed by atoms with van der Waals surface area (Å²) in [5.74, 6) is 0.231. The van der Waals surface area contributed by atoms with Gasteiger partial charge in [0.05, 0.1) is 17.2 Å². The summed E-state index contributed by atoms with van der Waals surface area (Å²) in [5.41, 5.74) is 2.44. The van der Waals surface area contributed by atoms with Crippen molar-refractivity contribution >= 4 is 10.9 Å². The number of aromatic nitrogens is 2. The fraction of sp³-hybridized carbons (Fsp3) is 0. The van der Waals surface area contributed by atoms with E-state index in [2.05, 4.69) is 9.97 Å². The van der Waals surface area contributed by atoms with Gasteiger partial charge in [-0.3, -0.25) is 4.79 Å². The van der Waals surface area contributed by atoms with Crippen molar-refractivity contribution in [3.8, 4) is 16.9 Å². The molecule has 0 bridgehead atoms. The van der Waals surface area contributed by atoms with Crippen LogP contribution in [0.1, 0.15) is 0 Å². The van der Waals surface area contributed by atoms with Gasteiger partial charge in [-0.2, -0.15) is 0 Å². The monoisotopic (exact) mass is 238 g/mol. The Morgan fingerprint density at radius 3 is 2.50 bits per heavy atom. The summed E-state index contributed by atoms with van der Waals surface area (Å²) in [7, 11) is 0. The number of nitrogens with zero attached hydrogens (tertiary/aromatic N) is 1. The lowest BCUT2D eigenvalue weighted by molar-refractivity contribution is 0.475. The van der Waals surface area contributed by atoms with E-state index in [4.69, 9.17) is 0 Å². The quantitative estimate of drug-likeness (QED) is 0.683. The van der Waals surface area contributed by atoms with E-state index in [1.807, 2.05) is 24.3 Å². The third-order valence-corrected chi connectivity index (χ3v) is 2.84. The van der Waals surface area contributed by atoms with Crippen molar-refractivity contribution in [2.24, 2.45) is 0 Å². The molecule has 0 spiro atoms. The number of rotatable bonds is 1. The minimum Gasteiger partial charge on any atom is -0.508 e. The van der Waals surface area contributed by atoms with Gasteiger partial charge in [0.2, 0.25) is 0 Å². The van der Waals surface area contributed by atoms with Crippen LogP contribution in [0.2, 0.25) is 0 Å². The van der Waals surface area contributed by atoms with Crippen LogP contribution in [-0.2, 0) is 0 Å². The van der Waals surface area contributed by atoms with Gasteiger partial charge in [0, 0.05) is 0 Å². The van der Waals surface area contributed by atoms with E-state index < -0.39 is 0 Å². The zero-order valence-corrected chi connectivity index (χ0v) is 9.42. The maximum atomic E-state index is 11.5. The number of hydrogen-bond donors (Lipinski definition) is 2. The van der Waals surface area contributed by atoms with Gasteiger partial charge in [0.15, 0.2) is 0 Å². The summed E-state index contributed by atoms with van der Waals surface area (Å²) in [6, 6.07) is 12.4. The first-order valence-electron chi connectivity index (χ1n) is 5.51. The maximum absolute atomic E-state index is 11.5. The number of nitrogens with one attached hydrogen (secondary N) is 1. The predicted molar refractivity (Wildman–Crippen MR) is 69.5 cm³/mol. The minimum absolute atomic E-state index is 0.141. The molecule has 3 aromatic rings. The van der Waals surface area contributed by atoms with Gasteiger partial charge < -0.3 is 10.1 Å². The lowest BCUT2D eigenvalue weighted by atomic mass is 10.0. The van der Waals surface area contributed by atoms with Crippen molar-refractivity contribution in [2.45, 2.75) is 0 Å². The summed E-state index contributed by atoms with van der Waals surface area (Å²) in [6.45, 7) is 0. The van der Waals surface area contributed by atoms with Gasteiger partial charge in [-0.1, -0.05) is 18.2 Å². The van der Waals surface area contributed by atoms with Crippen LogP contribution in [0.4, 0.5) is 0 Å². The number of fused-ring (bicyclic) bond motifs is 1. The number of aromatic hydroxyl groups is 1. The Morgan fingerprint density at radius 2 is 1.72 bits per heavy atom. The van der Waals surface area contributed by atoms with Crippen molar-refractivity contribution in [3.63, 3.8) is 0 Å². The number of aromatic amines is 1. The first-order valence-corrected chi connectivity index (χ1v) is 5.51. The Morgan fingerprint density at radius 1 is 1.00 bits per heavy atom. The van der Waals surface area contributed by atoms with Gasteiger partial charge in [-0.15, -0.1) is 0 Å². The van der Waals surface area contributed by atoms with Crippen LogP contribution in [0, 0.1) is 0 Å². The second kappa shape index (κ2) is 4.00. The molecular weight excluding hydrogens is 228 g/mol. The minimum atomic E-state index is -0.141. The molecule has 0 saturated carbocycles. The van der Waals surface area contributed by atoms with Crippen molar-refractivity contribution in [2.75, 3.05) is 0 Å². The van der Waals surface area contributed by atoms with Crippen molar-refractivity contribution in [1.82, 2.24) is 9.97 Å². The van der Waals surface area contributed by atoms with Crippen LogP contribution in [-0.4, -0.2) is 15.1 Å². The molecule has 0 atom stereocenters. The van der Waals surface area contributed by atoms with Gasteiger partial charge in [0.1, 0.15) is 5.75 Å². The molecule has 1 heterocycles. The molecule has 0 radical (unpaired) electrons. The average molecular weight is 238 g/mol. The number of phenolic OH excluding ortho intramolecular Hbond substituents is 1. The van der Waals surface area contributed by atoms with Gasteiger partial charge in [0.25, 0.3) is 5.56 Å². The highest BCUT2D eigenvalue weighted by Gasteiger charge is 2.02. The van der Waals surface area contributed by atoms with Crippen molar-refractivity contribution < 1.29 is 5.11 Å². The summed E-state index contributed by atoms with van der Waals surface area (Å²) < 4.78 is 0. The Balaban J connectivity index is 2.19. The number of H-pyrrole nitrogens is 1. The number of hydrogen-bond acceptors (Lipinski definition) is 3. The fourth-order valence-electron chi connectivity index (χ4n) is 1.90. The molecule has 4 heteroatoms. The van der Waals surface area contributed by atoms with E-state index in [0.29, 0.717) is 10.9 Å². The van der Waals surface area contributed by atoms with Gasteiger partial charge >= 0.3 is 0 Å². The molecule has 4 nitrogen and oxygen atoms in total. The Kier molecular flexibility index (Phi) is 2.34. The highest BCUT2D eigenvalue weighted by Crippen LogP contribution is 2.23. The zero-order chi connectivity index (χ0) is 12.5. The average Bonchev–Trinajstić information content (AvgIpc) is 2.39.